The van der Waals surface area contributed by atoms with E-state index in [0.29, 0.717) is 6.42 Å². The molecule has 110 valence electrons. The lowest BCUT2D eigenvalue weighted by Gasteiger charge is -2.22. The molecule has 1 unspecified atom stereocenters. The molecule has 1 heterocycles. The van der Waals surface area contributed by atoms with Crippen molar-refractivity contribution in [1.82, 2.24) is 14.7 Å². The number of aryl methyl sites for hydroxylation is 2. The summed E-state index contributed by atoms with van der Waals surface area (Å²) >= 11 is 0. The quantitative estimate of drug-likeness (QED) is 0.826. The van der Waals surface area contributed by atoms with Crippen molar-refractivity contribution in [2.45, 2.75) is 33.2 Å². The topological polar surface area (TPSA) is 75.4 Å². The number of aliphatic carboxylic acids is 1. The predicted octanol–water partition coefficient (Wildman–Crippen LogP) is 1.37. The van der Waals surface area contributed by atoms with Crippen LogP contribution in [-0.2, 0) is 16.6 Å². The van der Waals surface area contributed by atoms with Crippen molar-refractivity contribution in [3.63, 3.8) is 0 Å². The molecule has 0 fully saturated rings. The van der Waals surface area contributed by atoms with Crippen LogP contribution in [0.25, 0.3) is 6.08 Å². The van der Waals surface area contributed by atoms with Crippen molar-refractivity contribution < 1.29 is 14.7 Å². The van der Waals surface area contributed by atoms with Crippen LogP contribution in [0, 0.1) is 13.8 Å². The summed E-state index contributed by atoms with van der Waals surface area (Å²) in [6.45, 7) is 5.52. The Labute approximate surface area is 118 Å². The molecular formula is C14H21N3O3. The number of nitrogens with zero attached hydrogens (tertiary/aromatic N) is 3. The van der Waals surface area contributed by atoms with Gasteiger partial charge in [0.15, 0.2) is 0 Å². The zero-order valence-electron chi connectivity index (χ0n) is 12.5. The molecule has 0 aliphatic heterocycles. The summed E-state index contributed by atoms with van der Waals surface area (Å²) in [5.41, 5.74) is 2.68. The van der Waals surface area contributed by atoms with Gasteiger partial charge in [-0.1, -0.05) is 6.92 Å². The monoisotopic (exact) mass is 279 g/mol. The Morgan fingerprint density at radius 3 is 2.45 bits per heavy atom. The number of amides is 1. The second kappa shape index (κ2) is 6.36. The first-order chi connectivity index (χ1) is 9.29. The number of carbonyl (C=O) groups excluding carboxylic acids is 1. The minimum Gasteiger partial charge on any atom is -0.480 e. The third kappa shape index (κ3) is 3.26. The van der Waals surface area contributed by atoms with Gasteiger partial charge in [-0.15, -0.1) is 0 Å². The highest BCUT2D eigenvalue weighted by atomic mass is 16.4. The normalized spacial score (nSPS) is 12.7. The van der Waals surface area contributed by atoms with Crippen LogP contribution >= 0.6 is 0 Å². The first-order valence-electron chi connectivity index (χ1n) is 6.47. The van der Waals surface area contributed by atoms with E-state index < -0.39 is 12.0 Å². The molecule has 20 heavy (non-hydrogen) atoms. The zero-order chi connectivity index (χ0) is 15.4. The molecule has 6 heteroatoms. The Morgan fingerprint density at radius 2 is 2.05 bits per heavy atom. The average Bonchev–Trinajstić information content (AvgIpc) is 2.61. The first-order valence-corrected chi connectivity index (χ1v) is 6.47. The van der Waals surface area contributed by atoms with Crippen molar-refractivity contribution in [2.24, 2.45) is 7.05 Å². The van der Waals surface area contributed by atoms with Gasteiger partial charge in [0, 0.05) is 31.4 Å². The number of hydrogen-bond donors (Lipinski definition) is 1. The van der Waals surface area contributed by atoms with Gasteiger partial charge in [-0.2, -0.15) is 5.10 Å². The van der Waals surface area contributed by atoms with E-state index in [9.17, 15) is 9.59 Å². The number of likely N-dealkylation sites (N-methyl/N-ethyl adjacent to an activating group) is 1. The minimum atomic E-state index is -0.995. The van der Waals surface area contributed by atoms with E-state index in [1.807, 2.05) is 20.9 Å². The fourth-order valence-corrected chi connectivity index (χ4v) is 2.07. The van der Waals surface area contributed by atoms with Crippen molar-refractivity contribution in [3.8, 4) is 0 Å². The maximum absolute atomic E-state index is 12.0. The van der Waals surface area contributed by atoms with Crippen LogP contribution in [0.2, 0.25) is 0 Å². The Bertz CT molecular complexity index is 546. The number of carbonyl (C=O) groups is 2. The van der Waals surface area contributed by atoms with Gasteiger partial charge in [0.1, 0.15) is 6.04 Å². The van der Waals surface area contributed by atoms with Crippen LogP contribution in [0.1, 0.15) is 30.3 Å². The van der Waals surface area contributed by atoms with Crippen LogP contribution in [-0.4, -0.2) is 44.8 Å². The molecule has 1 N–H and O–H groups in total. The van der Waals surface area contributed by atoms with E-state index in [4.69, 9.17) is 5.11 Å². The van der Waals surface area contributed by atoms with Crippen LogP contribution in [0.3, 0.4) is 0 Å². The number of aromatic nitrogens is 2. The maximum atomic E-state index is 12.0. The van der Waals surface area contributed by atoms with Gasteiger partial charge in [-0.25, -0.2) is 4.79 Å². The number of hydrogen-bond acceptors (Lipinski definition) is 3. The Hall–Kier alpha value is -2.11. The molecule has 0 saturated carbocycles. The smallest absolute Gasteiger partial charge is 0.326 e. The zero-order valence-corrected chi connectivity index (χ0v) is 12.5. The summed E-state index contributed by atoms with van der Waals surface area (Å²) in [5, 5.41) is 13.3. The third-order valence-electron chi connectivity index (χ3n) is 3.44. The third-order valence-corrected chi connectivity index (χ3v) is 3.44. The summed E-state index contributed by atoms with van der Waals surface area (Å²) in [4.78, 5) is 24.3. The molecule has 0 aromatic carbocycles. The second-order valence-electron chi connectivity index (χ2n) is 4.75. The molecule has 0 aliphatic carbocycles. The summed E-state index contributed by atoms with van der Waals surface area (Å²) < 4.78 is 1.75. The highest BCUT2D eigenvalue weighted by Gasteiger charge is 2.23. The molecule has 1 atom stereocenters. The molecular weight excluding hydrogens is 258 g/mol. The molecule has 1 rings (SSSR count). The van der Waals surface area contributed by atoms with Gasteiger partial charge >= 0.3 is 5.97 Å². The van der Waals surface area contributed by atoms with Gasteiger partial charge in [0.05, 0.1) is 5.69 Å². The molecule has 1 aromatic heterocycles. The van der Waals surface area contributed by atoms with Gasteiger partial charge in [0.25, 0.3) is 0 Å². The number of carboxylic acids is 1. The van der Waals surface area contributed by atoms with E-state index in [-0.39, 0.29) is 5.91 Å². The highest BCUT2D eigenvalue weighted by molar-refractivity contribution is 5.94. The van der Waals surface area contributed by atoms with Crippen LogP contribution < -0.4 is 0 Å². The lowest BCUT2D eigenvalue weighted by atomic mass is 10.1. The average molecular weight is 279 g/mol. The molecule has 1 aromatic rings. The van der Waals surface area contributed by atoms with E-state index in [2.05, 4.69) is 5.10 Å². The Balaban J connectivity index is 2.89. The number of rotatable bonds is 5. The van der Waals surface area contributed by atoms with E-state index >= 15 is 0 Å². The summed E-state index contributed by atoms with van der Waals surface area (Å²) in [6.07, 6.45) is 3.45. The van der Waals surface area contributed by atoms with Crippen LogP contribution in [0.5, 0.6) is 0 Å². The maximum Gasteiger partial charge on any atom is 0.326 e. The Kier molecular flexibility index (Phi) is 5.07. The minimum absolute atomic E-state index is 0.332. The molecule has 0 aliphatic rings. The van der Waals surface area contributed by atoms with Crippen molar-refractivity contribution in [3.05, 3.63) is 23.0 Å². The molecule has 6 nitrogen and oxygen atoms in total. The van der Waals surface area contributed by atoms with Crippen molar-refractivity contribution in [1.29, 1.82) is 0 Å². The first kappa shape index (κ1) is 15.9. The van der Waals surface area contributed by atoms with Gasteiger partial charge in [-0.05, 0) is 26.3 Å². The fourth-order valence-electron chi connectivity index (χ4n) is 2.07. The Morgan fingerprint density at radius 1 is 1.45 bits per heavy atom. The summed E-state index contributed by atoms with van der Waals surface area (Å²) in [5.74, 6) is -1.33. The summed E-state index contributed by atoms with van der Waals surface area (Å²) in [6, 6.07) is -0.803. The lowest BCUT2D eigenvalue weighted by Crippen LogP contribution is -2.41. The molecule has 0 bridgehead atoms. The predicted molar refractivity (Wildman–Crippen MR) is 76.2 cm³/mol. The SMILES string of the molecule is CCC(C(=O)O)N(C)C(=O)C=Cc1c(C)nn(C)c1C. The highest BCUT2D eigenvalue weighted by Crippen LogP contribution is 2.14. The van der Waals surface area contributed by atoms with Crippen molar-refractivity contribution >= 4 is 18.0 Å². The van der Waals surface area contributed by atoms with Gasteiger partial charge in [-0.3, -0.25) is 9.48 Å². The van der Waals surface area contributed by atoms with E-state index in [1.54, 1.807) is 17.7 Å². The van der Waals surface area contributed by atoms with E-state index in [0.717, 1.165) is 17.0 Å². The molecule has 0 saturated heterocycles. The molecule has 0 spiro atoms. The van der Waals surface area contributed by atoms with Gasteiger partial charge < -0.3 is 10.0 Å². The van der Waals surface area contributed by atoms with Crippen molar-refractivity contribution in [2.75, 3.05) is 7.05 Å². The molecule has 0 radical (unpaired) electrons. The van der Waals surface area contributed by atoms with Crippen LogP contribution in [0.15, 0.2) is 6.08 Å². The van der Waals surface area contributed by atoms with E-state index in [1.165, 1.54) is 18.0 Å². The molecule has 1 amide bonds. The van der Waals surface area contributed by atoms with Gasteiger partial charge in [0.2, 0.25) is 5.91 Å². The standard InChI is InChI=1S/C14H21N3O3/c1-6-12(14(19)20)16(4)13(18)8-7-11-9(2)15-17(5)10(11)3/h7-8,12H,6H2,1-5H3,(H,19,20). The largest absolute Gasteiger partial charge is 0.480 e. The lowest BCUT2D eigenvalue weighted by molar-refractivity contribution is -0.147. The number of carboxylic acid groups (broad SMARTS) is 1. The second-order valence-corrected chi connectivity index (χ2v) is 4.75. The summed E-state index contributed by atoms with van der Waals surface area (Å²) in [7, 11) is 3.34. The van der Waals surface area contributed by atoms with Crippen LogP contribution in [0.4, 0.5) is 0 Å². The fraction of sp³-hybridized carbons (Fsp3) is 0.500.